The van der Waals surface area contributed by atoms with E-state index >= 15 is 0 Å². The average Bonchev–Trinajstić information content (AvgIpc) is 3.26. The van der Waals surface area contributed by atoms with Gasteiger partial charge < -0.3 is 45.1 Å². The van der Waals surface area contributed by atoms with Crippen LogP contribution in [0.4, 0.5) is 5.69 Å². The molecule has 0 amide bonds. The molecule has 0 radical (unpaired) electrons. The van der Waals surface area contributed by atoms with E-state index in [1.54, 1.807) is 26.2 Å². The van der Waals surface area contributed by atoms with Crippen molar-refractivity contribution < 1.29 is 44.5 Å². The average molecular weight is 842 g/mol. The molecule has 2 aliphatic carbocycles. The van der Waals surface area contributed by atoms with E-state index < -0.39 is 12.2 Å². The van der Waals surface area contributed by atoms with Crippen molar-refractivity contribution in [1.82, 2.24) is 0 Å². The van der Waals surface area contributed by atoms with Crippen LogP contribution >= 0.6 is 0 Å². The highest BCUT2D eigenvalue weighted by Crippen LogP contribution is 2.43. The number of aliphatic hydroxyl groups excluding tert-OH is 4. The molecule has 4 aliphatic rings. The Kier molecular flexibility index (Phi) is 14.6. The van der Waals surface area contributed by atoms with Gasteiger partial charge >= 0.3 is 0 Å². The number of hydrogen-bond donors (Lipinski definition) is 6. The molecule has 2 aliphatic heterocycles. The van der Waals surface area contributed by atoms with E-state index in [0.29, 0.717) is 48.4 Å². The first-order valence-electron chi connectivity index (χ1n) is 21.8. The molecular weight excluding hydrogens is 783 g/mol. The number of benzene rings is 4. The number of hydrogen-bond acceptors (Lipinski definition) is 10. The summed E-state index contributed by atoms with van der Waals surface area (Å²) in [6, 6.07) is 17.5. The van der Waals surface area contributed by atoms with Gasteiger partial charge in [0.25, 0.3) is 0 Å². The topological polar surface area (TPSA) is 158 Å². The molecular formula is C52H59NO9. The van der Waals surface area contributed by atoms with Crippen LogP contribution in [0.5, 0.6) is 17.2 Å². The number of aromatic hydroxyl groups is 1. The number of rotatable bonds is 13. The molecule has 4 aromatic rings. The molecule has 326 valence electrons. The number of carbonyl (C=O) groups is 1. The van der Waals surface area contributed by atoms with E-state index in [0.717, 1.165) is 57.1 Å². The normalized spacial score (nSPS) is 20.8. The molecule has 4 aromatic carbocycles. The summed E-state index contributed by atoms with van der Waals surface area (Å²) in [5.41, 5.74) is 7.02. The summed E-state index contributed by atoms with van der Waals surface area (Å²) in [5.74, 6) is 4.30. The van der Waals surface area contributed by atoms with Crippen molar-refractivity contribution in [2.24, 2.45) is 17.8 Å². The predicted molar refractivity (Wildman–Crippen MR) is 242 cm³/mol. The van der Waals surface area contributed by atoms with Crippen molar-refractivity contribution in [3.05, 3.63) is 124 Å². The lowest BCUT2D eigenvalue weighted by atomic mass is 9.77. The summed E-state index contributed by atoms with van der Waals surface area (Å²) in [6.45, 7) is 4.23. The molecule has 0 saturated heterocycles. The molecule has 6 bridgehead atoms. The maximum absolute atomic E-state index is 13.8. The second-order valence-corrected chi connectivity index (χ2v) is 17.1. The summed E-state index contributed by atoms with van der Waals surface area (Å²) >= 11 is 0. The number of Topliss-reactive ketones (excluding diaryl/α,β-unsaturated/α-hetero) is 1. The number of ether oxygens (including phenoxy) is 3. The molecule has 0 fully saturated rings. The molecule has 6 atom stereocenters. The van der Waals surface area contributed by atoms with Crippen LogP contribution < -0.4 is 14.8 Å². The smallest absolute Gasteiger partial charge is 0.161 e. The fourth-order valence-corrected chi connectivity index (χ4v) is 9.09. The summed E-state index contributed by atoms with van der Waals surface area (Å²) in [4.78, 5) is 13.8. The minimum atomic E-state index is -0.598. The Balaban J connectivity index is 1.16. The van der Waals surface area contributed by atoms with E-state index in [9.17, 15) is 30.3 Å². The molecule has 0 saturated carbocycles. The van der Waals surface area contributed by atoms with Crippen LogP contribution in [0, 0.1) is 29.8 Å². The van der Waals surface area contributed by atoms with Gasteiger partial charge in [-0.05, 0) is 144 Å². The number of phenols is 1. The van der Waals surface area contributed by atoms with Crippen LogP contribution in [0.1, 0.15) is 90.8 Å². The van der Waals surface area contributed by atoms with Gasteiger partial charge in [0.1, 0.15) is 36.1 Å². The number of allylic oxidation sites excluding steroid dienone is 4. The predicted octanol–water partition coefficient (Wildman–Crippen LogP) is 8.61. The molecule has 62 heavy (non-hydrogen) atoms. The molecule has 10 heteroatoms. The minimum absolute atomic E-state index is 0.00605. The Labute approximate surface area is 364 Å². The third-order valence-corrected chi connectivity index (χ3v) is 12.5. The van der Waals surface area contributed by atoms with Gasteiger partial charge in [0.15, 0.2) is 11.5 Å². The number of ketones is 1. The minimum Gasteiger partial charge on any atom is -0.508 e. The monoisotopic (exact) mass is 841 g/mol. The number of aliphatic hydroxyl groups is 4. The largest absolute Gasteiger partial charge is 0.508 e. The quantitative estimate of drug-likeness (QED) is 0.0721. The number of carbonyl (C=O) groups excluding carboxylic acids is 1. The number of aryl methyl sites for hydroxylation is 2. The Morgan fingerprint density at radius 1 is 1.00 bits per heavy atom. The summed E-state index contributed by atoms with van der Waals surface area (Å²) < 4.78 is 18.4. The van der Waals surface area contributed by atoms with Crippen molar-refractivity contribution in [1.29, 1.82) is 0 Å². The van der Waals surface area contributed by atoms with Gasteiger partial charge in [0.2, 0.25) is 0 Å². The lowest BCUT2D eigenvalue weighted by Crippen LogP contribution is -2.26. The van der Waals surface area contributed by atoms with Crippen molar-refractivity contribution in [2.75, 3.05) is 25.6 Å². The number of phenolic OH excluding ortho intramolecular Hbond substituents is 1. The zero-order valence-electron chi connectivity index (χ0n) is 35.9. The van der Waals surface area contributed by atoms with Gasteiger partial charge in [-0.2, -0.15) is 0 Å². The Bertz CT molecular complexity index is 2400. The van der Waals surface area contributed by atoms with Gasteiger partial charge in [-0.1, -0.05) is 49.3 Å². The van der Waals surface area contributed by atoms with E-state index in [2.05, 4.69) is 48.6 Å². The van der Waals surface area contributed by atoms with E-state index in [4.69, 9.17) is 14.2 Å². The van der Waals surface area contributed by atoms with Crippen LogP contribution in [0.15, 0.2) is 84.7 Å². The summed E-state index contributed by atoms with van der Waals surface area (Å²) in [5, 5.41) is 58.1. The molecule has 8 rings (SSSR count). The lowest BCUT2D eigenvalue weighted by molar-refractivity contribution is -0.121. The third kappa shape index (κ3) is 10.6. The van der Waals surface area contributed by atoms with Gasteiger partial charge in [-0.3, -0.25) is 4.79 Å². The van der Waals surface area contributed by atoms with E-state index in [-0.39, 0.29) is 80.0 Å². The van der Waals surface area contributed by atoms with Crippen molar-refractivity contribution in [3.63, 3.8) is 0 Å². The zero-order valence-corrected chi connectivity index (χ0v) is 35.9. The van der Waals surface area contributed by atoms with E-state index in [1.807, 2.05) is 48.6 Å². The maximum atomic E-state index is 13.8. The van der Waals surface area contributed by atoms with Crippen LogP contribution in [-0.4, -0.2) is 63.8 Å². The van der Waals surface area contributed by atoms with Gasteiger partial charge in [-0.15, -0.1) is 0 Å². The Morgan fingerprint density at radius 2 is 1.85 bits per heavy atom. The highest BCUT2D eigenvalue weighted by molar-refractivity contribution is 6.00. The van der Waals surface area contributed by atoms with Crippen LogP contribution in [-0.2, 0) is 42.0 Å². The van der Waals surface area contributed by atoms with Crippen LogP contribution in [0.2, 0.25) is 0 Å². The highest BCUT2D eigenvalue weighted by atomic mass is 16.5. The Hall–Kier alpha value is -5.73. The number of methoxy groups -OCH3 is 1. The fraction of sp³-hybridized carbons (Fsp3) is 0.404. The first kappa shape index (κ1) is 44.3. The van der Waals surface area contributed by atoms with E-state index in [1.165, 1.54) is 0 Å². The molecule has 0 unspecified atom stereocenters. The lowest BCUT2D eigenvalue weighted by Gasteiger charge is -2.30. The van der Waals surface area contributed by atoms with Crippen molar-refractivity contribution in [2.45, 2.75) is 96.6 Å². The molecule has 0 aromatic heterocycles. The summed E-state index contributed by atoms with van der Waals surface area (Å²) in [6.07, 6.45) is 15.1. The number of anilines is 1. The SMILES string of the molecule is COc1ccc2cc1OCc1c(CO)cc3c(c(O)cc4c3c1C=C[C@H]4C)CC#CO[C@@H](C[C@H]1C=C(O)C=C[C@H]1C[C@H](CO)CCc1cccc(NC[C@H](C)O)c1)CC(=O)CC2. The fourth-order valence-electron chi connectivity index (χ4n) is 9.09. The first-order valence-corrected chi connectivity index (χ1v) is 21.8. The van der Waals surface area contributed by atoms with Gasteiger partial charge in [0, 0.05) is 55.1 Å². The molecule has 10 nitrogen and oxygen atoms in total. The van der Waals surface area contributed by atoms with Gasteiger partial charge in [-0.25, -0.2) is 0 Å². The zero-order chi connectivity index (χ0) is 43.8. The third-order valence-electron chi connectivity index (χ3n) is 12.5. The standard InChI is InChI=1S/C52H59NO9/c1-32-9-17-45-48-31-62-51-22-35(13-18-50(51)60-3)12-15-42(58)26-43(61-19-5-8-44-47(25-39(48)30-55)52(45)46(32)27-49(44)59)24-38-23-41(57)16-14-37(38)20-36(29-54)11-10-34-6-4-7-40(21-34)53-28-33(2)56/h4,6-7,9,13-14,16-18,21-23,25,27,32-33,36-38,43,53-57,59H,8,10-12,15,20,24,26,28-31H2,1-3H3/t32-,33+,36-,37+,38-,43+/m1/s1. The highest BCUT2D eigenvalue weighted by Gasteiger charge is 2.29. The van der Waals surface area contributed by atoms with Crippen molar-refractivity contribution >= 4 is 28.3 Å². The number of fused-ring (bicyclic) bond motifs is 9. The van der Waals surface area contributed by atoms with Crippen molar-refractivity contribution in [3.8, 4) is 29.3 Å². The summed E-state index contributed by atoms with van der Waals surface area (Å²) in [7, 11) is 1.59. The van der Waals surface area contributed by atoms with Crippen LogP contribution in [0.25, 0.3) is 16.8 Å². The Morgan fingerprint density at radius 3 is 2.65 bits per heavy atom. The first-order chi connectivity index (χ1) is 30.0. The molecule has 2 heterocycles. The van der Waals surface area contributed by atoms with Crippen LogP contribution in [0.3, 0.4) is 0 Å². The molecule has 0 spiro atoms. The molecule has 6 N–H and O–H groups in total. The number of nitrogens with one attached hydrogen (secondary N) is 1. The maximum Gasteiger partial charge on any atom is 0.161 e. The second kappa shape index (κ2) is 20.4. The van der Waals surface area contributed by atoms with Gasteiger partial charge in [0.05, 0.1) is 19.8 Å². The second-order valence-electron chi connectivity index (χ2n) is 17.1.